The summed E-state index contributed by atoms with van der Waals surface area (Å²) >= 11 is 5.82. The van der Waals surface area contributed by atoms with Crippen LogP contribution in [0.25, 0.3) is 11.3 Å². The predicted molar refractivity (Wildman–Crippen MR) is 69.6 cm³/mol. The average Bonchev–Trinajstić information content (AvgIpc) is 2.29. The molecule has 5 heteroatoms. The van der Waals surface area contributed by atoms with Gasteiger partial charge in [-0.3, -0.25) is 9.78 Å². The molecule has 4 nitrogen and oxygen atoms in total. The Bertz CT molecular complexity index is 575. The molecule has 0 aliphatic carbocycles. The summed E-state index contributed by atoms with van der Waals surface area (Å²) in [7, 11) is 3.65. The van der Waals surface area contributed by atoms with E-state index < -0.39 is 0 Å². The first kappa shape index (κ1) is 11.7. The largest absolute Gasteiger partial charge is 0.348 e. The number of nitrogens with one attached hydrogen (secondary N) is 1. The quantitative estimate of drug-likeness (QED) is 0.887. The van der Waals surface area contributed by atoms with E-state index in [-0.39, 0.29) is 5.56 Å². The highest BCUT2D eigenvalue weighted by Crippen LogP contribution is 2.19. The second-order valence-corrected chi connectivity index (χ2v) is 4.29. The van der Waals surface area contributed by atoms with Crippen molar-refractivity contribution < 1.29 is 0 Å². The molecule has 0 bridgehead atoms. The van der Waals surface area contributed by atoms with Crippen molar-refractivity contribution in [1.29, 1.82) is 0 Å². The minimum absolute atomic E-state index is 0.173. The van der Waals surface area contributed by atoms with Gasteiger partial charge in [-0.15, -0.1) is 0 Å². The van der Waals surface area contributed by atoms with Gasteiger partial charge in [-0.05, 0) is 12.1 Å². The van der Waals surface area contributed by atoms with Gasteiger partial charge in [0.1, 0.15) is 0 Å². The number of nitrogens with zero attached hydrogens (tertiary/aromatic N) is 2. The molecule has 0 amide bonds. The molecule has 1 N–H and O–H groups in total. The van der Waals surface area contributed by atoms with Gasteiger partial charge in [-0.2, -0.15) is 0 Å². The summed E-state index contributed by atoms with van der Waals surface area (Å²) in [6, 6.07) is 8.69. The van der Waals surface area contributed by atoms with E-state index in [1.54, 1.807) is 17.0 Å². The van der Waals surface area contributed by atoms with Crippen molar-refractivity contribution in [2.24, 2.45) is 0 Å². The fourth-order valence-electron chi connectivity index (χ4n) is 1.43. The zero-order chi connectivity index (χ0) is 12.4. The van der Waals surface area contributed by atoms with Gasteiger partial charge in [0.25, 0.3) is 5.56 Å². The van der Waals surface area contributed by atoms with Crippen LogP contribution in [-0.4, -0.2) is 24.1 Å². The number of rotatable bonds is 2. The predicted octanol–water partition coefficient (Wildman–Crippen LogP) is 2.16. The number of halogens is 1. The van der Waals surface area contributed by atoms with E-state index in [0.29, 0.717) is 16.7 Å². The molecule has 0 aliphatic heterocycles. The van der Waals surface area contributed by atoms with Gasteiger partial charge in [0, 0.05) is 30.7 Å². The maximum absolute atomic E-state index is 11.5. The fraction of sp³-hybridized carbons (Fsp3) is 0.167. The lowest BCUT2D eigenvalue weighted by atomic mass is 10.1. The molecule has 2 rings (SSSR count). The van der Waals surface area contributed by atoms with Gasteiger partial charge in [0.2, 0.25) is 5.95 Å². The number of aromatic nitrogens is 2. The van der Waals surface area contributed by atoms with Crippen LogP contribution in [0.2, 0.25) is 5.02 Å². The van der Waals surface area contributed by atoms with Gasteiger partial charge >= 0.3 is 0 Å². The van der Waals surface area contributed by atoms with E-state index in [1.165, 1.54) is 6.07 Å². The van der Waals surface area contributed by atoms with Gasteiger partial charge in [-0.1, -0.05) is 23.7 Å². The second kappa shape index (κ2) is 4.59. The molecular weight excluding hydrogens is 238 g/mol. The molecule has 0 aliphatic rings. The normalized spacial score (nSPS) is 10.3. The summed E-state index contributed by atoms with van der Waals surface area (Å²) in [5.74, 6) is 0.530. The molecule has 0 saturated carbocycles. The topological polar surface area (TPSA) is 49.0 Å². The van der Waals surface area contributed by atoms with Crippen molar-refractivity contribution in [2.75, 3.05) is 19.0 Å². The van der Waals surface area contributed by atoms with Crippen LogP contribution in [0.1, 0.15) is 0 Å². The molecule has 0 radical (unpaired) electrons. The molecule has 17 heavy (non-hydrogen) atoms. The van der Waals surface area contributed by atoms with Crippen LogP contribution in [0.3, 0.4) is 0 Å². The number of H-pyrrole nitrogens is 1. The fourth-order valence-corrected chi connectivity index (χ4v) is 1.55. The van der Waals surface area contributed by atoms with Crippen molar-refractivity contribution in [3.8, 4) is 11.3 Å². The number of benzene rings is 1. The van der Waals surface area contributed by atoms with E-state index in [1.807, 2.05) is 26.2 Å². The van der Waals surface area contributed by atoms with Gasteiger partial charge in [0.15, 0.2) is 0 Å². The monoisotopic (exact) mass is 249 g/mol. The Morgan fingerprint density at radius 3 is 2.47 bits per heavy atom. The summed E-state index contributed by atoms with van der Waals surface area (Å²) in [6.07, 6.45) is 0. The van der Waals surface area contributed by atoms with E-state index in [2.05, 4.69) is 9.97 Å². The van der Waals surface area contributed by atoms with Crippen molar-refractivity contribution >= 4 is 17.5 Å². The van der Waals surface area contributed by atoms with Crippen LogP contribution in [0.5, 0.6) is 0 Å². The zero-order valence-electron chi connectivity index (χ0n) is 9.57. The van der Waals surface area contributed by atoms with Crippen LogP contribution >= 0.6 is 11.6 Å². The average molecular weight is 250 g/mol. The van der Waals surface area contributed by atoms with Crippen LogP contribution < -0.4 is 10.5 Å². The first-order chi connectivity index (χ1) is 8.06. The first-order valence-corrected chi connectivity index (χ1v) is 5.49. The summed E-state index contributed by atoms with van der Waals surface area (Å²) in [5.41, 5.74) is 1.33. The maximum atomic E-state index is 11.5. The van der Waals surface area contributed by atoms with Gasteiger partial charge < -0.3 is 4.90 Å². The number of anilines is 1. The van der Waals surface area contributed by atoms with E-state index >= 15 is 0 Å². The van der Waals surface area contributed by atoms with E-state index in [9.17, 15) is 4.79 Å². The van der Waals surface area contributed by atoms with Crippen LogP contribution in [0.15, 0.2) is 35.1 Å². The van der Waals surface area contributed by atoms with Crippen LogP contribution in [-0.2, 0) is 0 Å². The number of aromatic amines is 1. The molecule has 0 fully saturated rings. The summed E-state index contributed by atoms with van der Waals surface area (Å²) < 4.78 is 0. The Labute approximate surface area is 104 Å². The second-order valence-electron chi connectivity index (χ2n) is 3.86. The highest BCUT2D eigenvalue weighted by molar-refractivity contribution is 6.30. The third-order valence-electron chi connectivity index (χ3n) is 2.29. The lowest BCUT2D eigenvalue weighted by Crippen LogP contribution is -2.18. The summed E-state index contributed by atoms with van der Waals surface area (Å²) in [5, 5.41) is 0.659. The molecule has 1 aromatic heterocycles. The Balaban J connectivity index is 2.52. The number of hydrogen-bond donors (Lipinski definition) is 1. The Morgan fingerprint density at radius 2 is 1.88 bits per heavy atom. The van der Waals surface area contributed by atoms with Crippen LogP contribution in [0.4, 0.5) is 5.95 Å². The van der Waals surface area contributed by atoms with Gasteiger partial charge in [0.05, 0.1) is 5.69 Å². The molecule has 2 aromatic rings. The minimum atomic E-state index is -0.173. The Kier molecular flexibility index (Phi) is 3.15. The molecule has 1 heterocycles. The molecule has 88 valence electrons. The van der Waals surface area contributed by atoms with Crippen molar-refractivity contribution in [3.05, 3.63) is 45.7 Å². The molecule has 0 saturated heterocycles. The smallest absolute Gasteiger partial charge is 0.252 e. The standard InChI is InChI=1S/C12H12ClN3O/c1-16(2)12-14-10(7-11(17)15-12)8-3-5-9(13)6-4-8/h3-7H,1-2H3,(H,14,15,17). The first-order valence-electron chi connectivity index (χ1n) is 5.11. The molecule has 0 unspecified atom stereocenters. The molecule has 1 aromatic carbocycles. The van der Waals surface area contributed by atoms with E-state index in [4.69, 9.17) is 11.6 Å². The SMILES string of the molecule is CN(C)c1nc(-c2ccc(Cl)cc2)cc(=O)[nH]1. The third kappa shape index (κ3) is 2.65. The number of hydrogen-bond acceptors (Lipinski definition) is 3. The van der Waals surface area contributed by atoms with E-state index in [0.717, 1.165) is 5.56 Å². The lowest BCUT2D eigenvalue weighted by molar-refractivity contribution is 0.984. The summed E-state index contributed by atoms with van der Waals surface area (Å²) in [4.78, 5) is 20.3. The van der Waals surface area contributed by atoms with Crippen LogP contribution in [0, 0.1) is 0 Å². The third-order valence-corrected chi connectivity index (χ3v) is 2.54. The highest BCUT2D eigenvalue weighted by Gasteiger charge is 2.05. The highest BCUT2D eigenvalue weighted by atomic mass is 35.5. The lowest BCUT2D eigenvalue weighted by Gasteiger charge is -2.11. The van der Waals surface area contributed by atoms with Crippen molar-refractivity contribution in [3.63, 3.8) is 0 Å². The van der Waals surface area contributed by atoms with Gasteiger partial charge in [-0.25, -0.2) is 4.98 Å². The maximum Gasteiger partial charge on any atom is 0.252 e. The molecule has 0 atom stereocenters. The zero-order valence-corrected chi connectivity index (χ0v) is 10.3. The Hall–Kier alpha value is -1.81. The van der Waals surface area contributed by atoms with Crippen molar-refractivity contribution in [2.45, 2.75) is 0 Å². The summed E-state index contributed by atoms with van der Waals surface area (Å²) in [6.45, 7) is 0. The molecular formula is C12H12ClN3O. The Morgan fingerprint density at radius 1 is 1.24 bits per heavy atom. The van der Waals surface area contributed by atoms with Crippen molar-refractivity contribution in [1.82, 2.24) is 9.97 Å². The minimum Gasteiger partial charge on any atom is -0.348 e. The molecule has 0 spiro atoms.